The Bertz CT molecular complexity index is 463. The Morgan fingerprint density at radius 2 is 2.20 bits per heavy atom. The highest BCUT2D eigenvalue weighted by molar-refractivity contribution is 5.55. The quantitative estimate of drug-likeness (QED) is 0.813. The summed E-state index contributed by atoms with van der Waals surface area (Å²) in [5, 5.41) is 13.0. The summed E-state index contributed by atoms with van der Waals surface area (Å²) in [4.78, 5) is 4.09. The Labute approximate surface area is 87.6 Å². The fraction of sp³-hybridized carbons (Fsp3) is 0.273. The molecule has 2 aromatic rings. The van der Waals surface area contributed by atoms with Crippen LogP contribution in [0.25, 0.3) is 11.4 Å². The lowest BCUT2D eigenvalue weighted by atomic mass is 10.1. The van der Waals surface area contributed by atoms with Gasteiger partial charge in [0.05, 0.1) is 0 Å². The molecule has 0 bridgehead atoms. The standard InChI is InChI=1S/C11H12N2O2/c1-7-4-3-5-9(6-7)10-12-11(8(2)14)15-13-10/h3-6,8,14H,1-2H3/t8-/m0/s1. The second-order valence-electron chi connectivity index (χ2n) is 3.50. The Balaban J connectivity index is 2.37. The monoisotopic (exact) mass is 204 g/mol. The van der Waals surface area contributed by atoms with E-state index in [2.05, 4.69) is 10.1 Å². The van der Waals surface area contributed by atoms with Crippen molar-refractivity contribution in [2.75, 3.05) is 0 Å². The lowest BCUT2D eigenvalue weighted by molar-refractivity contribution is 0.152. The number of aliphatic hydroxyl groups excluding tert-OH is 1. The van der Waals surface area contributed by atoms with Crippen molar-refractivity contribution in [1.82, 2.24) is 10.1 Å². The van der Waals surface area contributed by atoms with Crippen molar-refractivity contribution < 1.29 is 9.63 Å². The number of rotatable bonds is 2. The van der Waals surface area contributed by atoms with Crippen molar-refractivity contribution in [2.45, 2.75) is 20.0 Å². The summed E-state index contributed by atoms with van der Waals surface area (Å²) in [6.07, 6.45) is -0.726. The average molecular weight is 204 g/mol. The van der Waals surface area contributed by atoms with Gasteiger partial charge in [-0.3, -0.25) is 0 Å². The SMILES string of the molecule is Cc1cccc(-c2noc([C@H](C)O)n2)c1. The van der Waals surface area contributed by atoms with Crippen molar-refractivity contribution in [3.05, 3.63) is 35.7 Å². The lowest BCUT2D eigenvalue weighted by Gasteiger charge is -1.95. The summed E-state index contributed by atoms with van der Waals surface area (Å²) >= 11 is 0. The van der Waals surface area contributed by atoms with Gasteiger partial charge in [-0.1, -0.05) is 28.9 Å². The van der Waals surface area contributed by atoms with Crippen molar-refractivity contribution in [1.29, 1.82) is 0 Å². The second kappa shape index (κ2) is 3.82. The number of benzene rings is 1. The highest BCUT2D eigenvalue weighted by atomic mass is 16.5. The van der Waals surface area contributed by atoms with E-state index >= 15 is 0 Å². The molecule has 0 unspecified atom stereocenters. The van der Waals surface area contributed by atoms with E-state index in [1.807, 2.05) is 31.2 Å². The summed E-state index contributed by atoms with van der Waals surface area (Å²) in [7, 11) is 0. The van der Waals surface area contributed by atoms with Gasteiger partial charge < -0.3 is 9.63 Å². The van der Waals surface area contributed by atoms with Crippen molar-refractivity contribution >= 4 is 0 Å². The molecule has 4 heteroatoms. The molecule has 78 valence electrons. The first-order chi connectivity index (χ1) is 7.16. The molecule has 0 saturated heterocycles. The smallest absolute Gasteiger partial charge is 0.255 e. The Kier molecular flexibility index (Phi) is 2.51. The molecule has 0 aliphatic carbocycles. The predicted octanol–water partition coefficient (Wildman–Crippen LogP) is 2.10. The van der Waals surface area contributed by atoms with Crippen LogP contribution in [0.4, 0.5) is 0 Å². The lowest BCUT2D eigenvalue weighted by Crippen LogP contribution is -1.90. The molecule has 0 spiro atoms. The summed E-state index contributed by atoms with van der Waals surface area (Å²) in [6.45, 7) is 3.59. The number of aromatic nitrogens is 2. The van der Waals surface area contributed by atoms with Gasteiger partial charge in [0.25, 0.3) is 5.89 Å². The van der Waals surface area contributed by atoms with Crippen LogP contribution in [-0.2, 0) is 0 Å². The van der Waals surface area contributed by atoms with Gasteiger partial charge in [-0.2, -0.15) is 4.98 Å². The zero-order valence-electron chi connectivity index (χ0n) is 8.64. The van der Waals surface area contributed by atoms with Crippen LogP contribution in [-0.4, -0.2) is 15.2 Å². The zero-order valence-corrected chi connectivity index (χ0v) is 8.64. The van der Waals surface area contributed by atoms with E-state index in [4.69, 9.17) is 4.52 Å². The minimum Gasteiger partial charge on any atom is -0.384 e. The van der Waals surface area contributed by atoms with Crippen LogP contribution in [0.1, 0.15) is 24.5 Å². The third-order valence-corrected chi connectivity index (χ3v) is 2.08. The molecule has 0 fully saturated rings. The third kappa shape index (κ3) is 2.05. The number of aliphatic hydroxyl groups is 1. The molecule has 0 amide bonds. The van der Waals surface area contributed by atoms with Gasteiger partial charge in [0.1, 0.15) is 6.10 Å². The maximum atomic E-state index is 9.24. The fourth-order valence-electron chi connectivity index (χ4n) is 1.31. The Morgan fingerprint density at radius 3 is 2.80 bits per heavy atom. The van der Waals surface area contributed by atoms with Crippen LogP contribution in [0, 0.1) is 6.92 Å². The van der Waals surface area contributed by atoms with Gasteiger partial charge >= 0.3 is 0 Å². The summed E-state index contributed by atoms with van der Waals surface area (Å²) in [5.74, 6) is 0.751. The van der Waals surface area contributed by atoms with Gasteiger partial charge in [0.15, 0.2) is 0 Å². The van der Waals surface area contributed by atoms with Crippen LogP contribution in [0.15, 0.2) is 28.8 Å². The van der Waals surface area contributed by atoms with Crippen molar-refractivity contribution in [3.63, 3.8) is 0 Å². The molecule has 1 atom stereocenters. The van der Waals surface area contributed by atoms with E-state index in [-0.39, 0.29) is 5.89 Å². The van der Waals surface area contributed by atoms with Crippen LogP contribution >= 0.6 is 0 Å². The predicted molar refractivity (Wildman–Crippen MR) is 55.1 cm³/mol. The topological polar surface area (TPSA) is 59.2 Å². The van der Waals surface area contributed by atoms with Gasteiger partial charge in [-0.15, -0.1) is 0 Å². The van der Waals surface area contributed by atoms with Gasteiger partial charge in [0, 0.05) is 5.56 Å². The van der Waals surface area contributed by atoms with E-state index in [1.54, 1.807) is 6.92 Å². The highest BCUT2D eigenvalue weighted by Crippen LogP contribution is 2.19. The minimum atomic E-state index is -0.726. The zero-order chi connectivity index (χ0) is 10.8. The van der Waals surface area contributed by atoms with Crippen LogP contribution < -0.4 is 0 Å². The summed E-state index contributed by atoms with van der Waals surface area (Å²) in [5.41, 5.74) is 2.03. The molecule has 0 saturated carbocycles. The summed E-state index contributed by atoms with van der Waals surface area (Å²) in [6, 6.07) is 7.81. The number of hydrogen-bond acceptors (Lipinski definition) is 4. The van der Waals surface area contributed by atoms with Crippen LogP contribution in [0.2, 0.25) is 0 Å². The second-order valence-corrected chi connectivity index (χ2v) is 3.50. The molecule has 1 N–H and O–H groups in total. The normalized spacial score (nSPS) is 12.7. The molecular weight excluding hydrogens is 192 g/mol. The maximum absolute atomic E-state index is 9.24. The molecule has 0 aliphatic rings. The van der Waals surface area contributed by atoms with E-state index in [9.17, 15) is 5.11 Å². The number of aryl methyl sites for hydroxylation is 1. The molecule has 4 nitrogen and oxygen atoms in total. The molecule has 0 radical (unpaired) electrons. The first kappa shape index (κ1) is 9.86. The van der Waals surface area contributed by atoms with Gasteiger partial charge in [0.2, 0.25) is 5.82 Å². The maximum Gasteiger partial charge on any atom is 0.255 e. The van der Waals surface area contributed by atoms with E-state index in [0.29, 0.717) is 5.82 Å². The molecule has 0 aliphatic heterocycles. The minimum absolute atomic E-state index is 0.242. The first-order valence-corrected chi connectivity index (χ1v) is 4.75. The van der Waals surface area contributed by atoms with Crippen molar-refractivity contribution in [3.8, 4) is 11.4 Å². The van der Waals surface area contributed by atoms with Gasteiger partial charge in [-0.05, 0) is 19.9 Å². The molecule has 1 aromatic carbocycles. The van der Waals surface area contributed by atoms with Crippen molar-refractivity contribution in [2.24, 2.45) is 0 Å². The largest absolute Gasteiger partial charge is 0.384 e. The molecule has 1 aromatic heterocycles. The highest BCUT2D eigenvalue weighted by Gasteiger charge is 2.12. The molecular formula is C11H12N2O2. The summed E-state index contributed by atoms with van der Waals surface area (Å²) < 4.78 is 4.91. The van der Waals surface area contributed by atoms with E-state index in [0.717, 1.165) is 11.1 Å². The fourth-order valence-corrected chi connectivity index (χ4v) is 1.31. The number of nitrogens with zero attached hydrogens (tertiary/aromatic N) is 2. The molecule has 2 rings (SSSR count). The van der Waals surface area contributed by atoms with Crippen LogP contribution in [0.5, 0.6) is 0 Å². The third-order valence-electron chi connectivity index (χ3n) is 2.08. The average Bonchev–Trinajstić information content (AvgIpc) is 2.66. The van der Waals surface area contributed by atoms with E-state index in [1.165, 1.54) is 0 Å². The van der Waals surface area contributed by atoms with Gasteiger partial charge in [-0.25, -0.2) is 0 Å². The number of hydrogen-bond donors (Lipinski definition) is 1. The Hall–Kier alpha value is -1.68. The van der Waals surface area contributed by atoms with E-state index < -0.39 is 6.10 Å². The first-order valence-electron chi connectivity index (χ1n) is 4.75. The molecule has 15 heavy (non-hydrogen) atoms. The van der Waals surface area contributed by atoms with Crippen LogP contribution in [0.3, 0.4) is 0 Å². The molecule has 1 heterocycles. The Morgan fingerprint density at radius 1 is 1.40 bits per heavy atom.